The minimum atomic E-state index is -0.0543. The number of rotatable bonds is 2. The number of hydrogen-bond donors (Lipinski definition) is 0. The van der Waals surface area contributed by atoms with Gasteiger partial charge in [-0.25, -0.2) is 0 Å². The van der Waals surface area contributed by atoms with Crippen molar-refractivity contribution in [3.8, 4) is 11.3 Å². The van der Waals surface area contributed by atoms with Crippen molar-refractivity contribution < 1.29 is 9.21 Å². The van der Waals surface area contributed by atoms with Crippen molar-refractivity contribution in [2.24, 2.45) is 0 Å². The summed E-state index contributed by atoms with van der Waals surface area (Å²) in [4.78, 5) is 16.5. The molecule has 21 heavy (non-hydrogen) atoms. The highest BCUT2D eigenvalue weighted by atomic mass is 35.5. The third-order valence-electron chi connectivity index (χ3n) is 3.75. The average Bonchev–Trinajstić information content (AvgIpc) is 2.97. The molecule has 0 atom stereocenters. The number of halogens is 1. The Hall–Kier alpha value is -1.78. The van der Waals surface area contributed by atoms with E-state index >= 15 is 0 Å². The van der Waals surface area contributed by atoms with Gasteiger partial charge in [-0.3, -0.25) is 4.79 Å². The highest BCUT2D eigenvalue weighted by molar-refractivity contribution is 6.33. The minimum Gasteiger partial charge on any atom is -0.451 e. The zero-order valence-corrected chi connectivity index (χ0v) is 12.6. The zero-order valence-electron chi connectivity index (χ0n) is 11.9. The molecule has 0 spiro atoms. The maximum absolute atomic E-state index is 12.4. The lowest BCUT2D eigenvalue weighted by Crippen LogP contribution is -2.47. The van der Waals surface area contributed by atoms with Gasteiger partial charge < -0.3 is 14.2 Å². The summed E-state index contributed by atoms with van der Waals surface area (Å²) in [6.45, 7) is 3.25. The lowest BCUT2D eigenvalue weighted by molar-refractivity contribution is 0.0633. The Morgan fingerprint density at radius 1 is 1.10 bits per heavy atom. The molecule has 0 N–H and O–H groups in total. The molecular formula is C16H17ClN2O2. The number of hydrogen-bond acceptors (Lipinski definition) is 3. The number of nitrogens with zero attached hydrogens (tertiary/aromatic N) is 2. The fourth-order valence-electron chi connectivity index (χ4n) is 2.42. The maximum Gasteiger partial charge on any atom is 0.289 e. The first-order chi connectivity index (χ1) is 10.1. The van der Waals surface area contributed by atoms with Crippen LogP contribution in [0.1, 0.15) is 10.6 Å². The molecule has 1 aliphatic heterocycles. The summed E-state index contributed by atoms with van der Waals surface area (Å²) in [6, 6.07) is 11.0. The fourth-order valence-corrected chi connectivity index (χ4v) is 2.65. The Morgan fingerprint density at radius 2 is 1.81 bits per heavy atom. The van der Waals surface area contributed by atoms with Crippen molar-refractivity contribution in [1.29, 1.82) is 0 Å². The van der Waals surface area contributed by atoms with Crippen LogP contribution in [-0.4, -0.2) is 48.9 Å². The molecule has 0 saturated carbocycles. The molecule has 1 fully saturated rings. The van der Waals surface area contributed by atoms with E-state index in [2.05, 4.69) is 11.9 Å². The highest BCUT2D eigenvalue weighted by Gasteiger charge is 2.23. The van der Waals surface area contributed by atoms with E-state index in [4.69, 9.17) is 16.0 Å². The first kappa shape index (κ1) is 14.2. The van der Waals surface area contributed by atoms with Gasteiger partial charge >= 0.3 is 0 Å². The third-order valence-corrected chi connectivity index (χ3v) is 4.08. The van der Waals surface area contributed by atoms with E-state index in [-0.39, 0.29) is 5.91 Å². The van der Waals surface area contributed by atoms with Crippen LogP contribution in [0.15, 0.2) is 40.8 Å². The lowest BCUT2D eigenvalue weighted by atomic mass is 10.2. The predicted molar refractivity (Wildman–Crippen MR) is 82.6 cm³/mol. The molecule has 3 rings (SSSR count). The van der Waals surface area contributed by atoms with Gasteiger partial charge in [0.1, 0.15) is 5.76 Å². The molecule has 0 unspecified atom stereocenters. The number of likely N-dealkylation sites (N-methyl/N-ethyl adjacent to an activating group) is 1. The summed E-state index contributed by atoms with van der Waals surface area (Å²) in [5.74, 6) is 0.939. The summed E-state index contributed by atoms with van der Waals surface area (Å²) in [5.41, 5.74) is 0.802. The molecule has 1 saturated heterocycles. The Kier molecular flexibility index (Phi) is 3.99. The van der Waals surface area contributed by atoms with Gasteiger partial charge in [0.05, 0.1) is 5.02 Å². The molecule has 110 valence electrons. The topological polar surface area (TPSA) is 36.7 Å². The van der Waals surface area contributed by atoms with Crippen molar-refractivity contribution >= 4 is 17.5 Å². The quantitative estimate of drug-likeness (QED) is 0.856. The van der Waals surface area contributed by atoms with Crippen molar-refractivity contribution in [3.05, 3.63) is 47.2 Å². The molecule has 5 heteroatoms. The Morgan fingerprint density at radius 3 is 2.52 bits per heavy atom. The fraction of sp³-hybridized carbons (Fsp3) is 0.312. The molecule has 4 nitrogen and oxygen atoms in total. The standard InChI is InChI=1S/C16H17ClN2O2/c1-18-8-10-19(11-9-18)16(20)15-7-6-14(21-15)12-4-2-3-5-13(12)17/h2-7H,8-11H2,1H3. The number of furan rings is 1. The molecule has 1 amide bonds. The van der Waals surface area contributed by atoms with E-state index in [1.54, 1.807) is 18.2 Å². The van der Waals surface area contributed by atoms with Crippen molar-refractivity contribution in [3.63, 3.8) is 0 Å². The molecule has 0 bridgehead atoms. The van der Waals surface area contributed by atoms with Crippen LogP contribution in [0.25, 0.3) is 11.3 Å². The monoisotopic (exact) mass is 304 g/mol. The van der Waals surface area contributed by atoms with Crippen LogP contribution in [0.5, 0.6) is 0 Å². The number of benzene rings is 1. The van der Waals surface area contributed by atoms with E-state index in [0.29, 0.717) is 16.5 Å². The number of piperazine rings is 1. The van der Waals surface area contributed by atoms with E-state index in [9.17, 15) is 4.79 Å². The molecule has 2 aromatic rings. The van der Waals surface area contributed by atoms with Gasteiger partial charge in [-0.1, -0.05) is 23.7 Å². The molecular weight excluding hydrogens is 288 g/mol. The van der Waals surface area contributed by atoms with Crippen molar-refractivity contribution in [2.75, 3.05) is 33.2 Å². The van der Waals surface area contributed by atoms with Crippen LogP contribution in [0.4, 0.5) is 0 Å². The van der Waals surface area contributed by atoms with Gasteiger partial charge in [0.25, 0.3) is 5.91 Å². The van der Waals surface area contributed by atoms with E-state index in [0.717, 1.165) is 31.7 Å². The third kappa shape index (κ3) is 2.96. The second-order valence-electron chi connectivity index (χ2n) is 5.24. The number of carbonyl (C=O) groups is 1. The zero-order chi connectivity index (χ0) is 14.8. The summed E-state index contributed by atoms with van der Waals surface area (Å²) in [7, 11) is 2.06. The summed E-state index contributed by atoms with van der Waals surface area (Å²) >= 11 is 6.15. The van der Waals surface area contributed by atoms with Crippen LogP contribution in [0.3, 0.4) is 0 Å². The first-order valence-electron chi connectivity index (χ1n) is 6.98. The first-order valence-corrected chi connectivity index (χ1v) is 7.35. The minimum absolute atomic E-state index is 0.0543. The Bertz CT molecular complexity index is 645. The van der Waals surface area contributed by atoms with E-state index in [1.807, 2.05) is 23.1 Å². The number of amides is 1. The maximum atomic E-state index is 12.4. The van der Waals surface area contributed by atoms with Crippen LogP contribution in [-0.2, 0) is 0 Å². The van der Waals surface area contributed by atoms with Gasteiger partial charge in [-0.15, -0.1) is 0 Å². The Labute approximate surface area is 128 Å². The SMILES string of the molecule is CN1CCN(C(=O)c2ccc(-c3ccccc3Cl)o2)CC1. The lowest BCUT2D eigenvalue weighted by Gasteiger charge is -2.31. The van der Waals surface area contributed by atoms with Gasteiger partial charge in [-0.2, -0.15) is 0 Å². The van der Waals surface area contributed by atoms with Gasteiger partial charge in [0.15, 0.2) is 5.76 Å². The average molecular weight is 305 g/mol. The molecule has 0 aliphatic carbocycles. The van der Waals surface area contributed by atoms with Crippen LogP contribution in [0, 0.1) is 0 Å². The second kappa shape index (κ2) is 5.92. The van der Waals surface area contributed by atoms with Gasteiger partial charge in [-0.05, 0) is 31.3 Å². The van der Waals surface area contributed by atoms with Crippen molar-refractivity contribution in [2.45, 2.75) is 0 Å². The van der Waals surface area contributed by atoms with Gasteiger partial charge in [0, 0.05) is 31.7 Å². The molecule has 1 aromatic heterocycles. The van der Waals surface area contributed by atoms with Gasteiger partial charge in [0.2, 0.25) is 0 Å². The van der Waals surface area contributed by atoms with E-state index in [1.165, 1.54) is 0 Å². The largest absolute Gasteiger partial charge is 0.451 e. The number of carbonyl (C=O) groups excluding carboxylic acids is 1. The summed E-state index contributed by atoms with van der Waals surface area (Å²) in [5, 5.41) is 0.616. The highest BCUT2D eigenvalue weighted by Crippen LogP contribution is 2.29. The molecule has 0 radical (unpaired) electrons. The summed E-state index contributed by atoms with van der Waals surface area (Å²) < 4.78 is 5.70. The van der Waals surface area contributed by atoms with E-state index < -0.39 is 0 Å². The molecule has 1 aliphatic rings. The smallest absolute Gasteiger partial charge is 0.289 e. The molecule has 1 aromatic carbocycles. The summed E-state index contributed by atoms with van der Waals surface area (Å²) in [6.07, 6.45) is 0. The predicted octanol–water partition coefficient (Wildman–Crippen LogP) is 2.99. The second-order valence-corrected chi connectivity index (χ2v) is 5.65. The molecule has 2 heterocycles. The Balaban J connectivity index is 1.79. The van der Waals surface area contributed by atoms with Crippen LogP contribution < -0.4 is 0 Å². The normalized spacial score (nSPS) is 16.2. The van der Waals surface area contributed by atoms with Crippen LogP contribution >= 0.6 is 11.6 Å². The van der Waals surface area contributed by atoms with Crippen molar-refractivity contribution in [1.82, 2.24) is 9.80 Å². The van der Waals surface area contributed by atoms with Crippen LogP contribution in [0.2, 0.25) is 5.02 Å².